The fraction of sp³-hybridized carbons (Fsp3) is 0.273. The van der Waals surface area contributed by atoms with Crippen molar-refractivity contribution < 1.29 is 22.7 Å². The maximum Gasteiger partial charge on any atom is 0.416 e. The summed E-state index contributed by atoms with van der Waals surface area (Å²) in [7, 11) is 0. The highest BCUT2D eigenvalue weighted by Gasteiger charge is 2.30. The van der Waals surface area contributed by atoms with Crippen LogP contribution in [0.3, 0.4) is 0 Å². The molecule has 45 heavy (non-hydrogen) atoms. The number of alkyl halides is 3. The highest BCUT2D eigenvalue weighted by Crippen LogP contribution is 2.32. The van der Waals surface area contributed by atoms with Crippen molar-refractivity contribution in [3.63, 3.8) is 0 Å². The van der Waals surface area contributed by atoms with Gasteiger partial charge in [-0.05, 0) is 72.7 Å². The van der Waals surface area contributed by atoms with E-state index in [1.165, 1.54) is 36.0 Å². The van der Waals surface area contributed by atoms with Crippen molar-refractivity contribution in [3.05, 3.63) is 129 Å². The van der Waals surface area contributed by atoms with Crippen molar-refractivity contribution in [2.75, 3.05) is 0 Å². The lowest BCUT2D eigenvalue weighted by molar-refractivity contribution is -0.137. The third-order valence-electron chi connectivity index (χ3n) is 7.85. The maximum atomic E-state index is 13.4. The fourth-order valence-corrected chi connectivity index (χ4v) is 6.48. The lowest BCUT2D eigenvalue weighted by Gasteiger charge is -2.18. The Kier molecular flexibility index (Phi) is 8.61. The molecule has 0 saturated heterocycles. The predicted molar refractivity (Wildman–Crippen MR) is 162 cm³/mol. The average Bonchev–Trinajstić information content (AvgIpc) is 3.67. The molecule has 0 amide bonds. The van der Waals surface area contributed by atoms with Crippen LogP contribution in [0.1, 0.15) is 59.0 Å². The second-order valence-electron chi connectivity index (χ2n) is 11.0. The molecule has 1 aliphatic carbocycles. The van der Waals surface area contributed by atoms with Crippen LogP contribution in [0.2, 0.25) is 0 Å². The van der Waals surface area contributed by atoms with Crippen LogP contribution in [-0.2, 0) is 37.9 Å². The van der Waals surface area contributed by atoms with Crippen molar-refractivity contribution in [1.82, 2.24) is 24.3 Å². The molecule has 0 fully saturated rings. The molecule has 1 aliphatic rings. The monoisotopic (exact) mass is 635 g/mol. The second kappa shape index (κ2) is 12.6. The number of thioether (sulfide) groups is 1. The minimum absolute atomic E-state index is 0.236. The second-order valence-corrected chi connectivity index (χ2v) is 11.9. The molecule has 5 aromatic rings. The van der Waals surface area contributed by atoms with Gasteiger partial charge < -0.3 is 14.2 Å². The van der Waals surface area contributed by atoms with Crippen molar-refractivity contribution in [1.29, 1.82) is 0 Å². The average molecular weight is 636 g/mol. The zero-order valence-electron chi connectivity index (χ0n) is 24.3. The van der Waals surface area contributed by atoms with Gasteiger partial charge in [0.2, 0.25) is 0 Å². The molecule has 1 N–H and O–H groups in total. The molecule has 0 aliphatic heterocycles. The van der Waals surface area contributed by atoms with Crippen molar-refractivity contribution >= 4 is 11.8 Å². The third-order valence-corrected chi connectivity index (χ3v) is 8.90. The summed E-state index contributed by atoms with van der Waals surface area (Å²) >= 11 is 1.39. The first-order valence-corrected chi connectivity index (χ1v) is 15.4. The molecule has 3 aromatic carbocycles. The zero-order chi connectivity index (χ0) is 31.7. The molecule has 7 nitrogen and oxygen atoms in total. The fourth-order valence-electron chi connectivity index (χ4n) is 5.51. The molecule has 12 heteroatoms. The summed E-state index contributed by atoms with van der Waals surface area (Å²) in [6, 6.07) is 18.7. The number of halogens is 4. The number of rotatable bonds is 9. The first kappa shape index (κ1) is 30.7. The molecule has 0 bridgehead atoms. The minimum atomic E-state index is -4.39. The summed E-state index contributed by atoms with van der Waals surface area (Å²) in [4.78, 5) is 17.3. The number of hydrogen-bond donors (Lipinski definition) is 1. The van der Waals surface area contributed by atoms with Gasteiger partial charge in [0.25, 0.3) is 5.56 Å². The Bertz CT molecular complexity index is 1870. The molecule has 0 spiro atoms. The Balaban J connectivity index is 1.29. The first-order valence-electron chi connectivity index (χ1n) is 14.4. The largest absolute Gasteiger partial charge is 0.416 e. The Morgan fingerprint density at radius 2 is 1.51 bits per heavy atom. The number of aromatic nitrogens is 5. The molecule has 0 radical (unpaired) electrons. The van der Waals surface area contributed by atoms with Gasteiger partial charge >= 0.3 is 6.18 Å². The standard InChI is InChI=1S/C33H29F4N5O2S/c1-20(43)30-40-39-29(42(30)17-21-5-9-23(10-6-21)24-11-13-25(14-12-24)33(35,36)37)18-41-28-4-2-3-27(28)31(44)38-32(41)45-19-22-7-15-26(34)16-8-22/h5-16,20,43H,2-4,17-19H2,1H3. The lowest BCUT2D eigenvalue weighted by atomic mass is 10.0. The molecule has 2 aromatic heterocycles. The van der Waals surface area contributed by atoms with Crippen molar-refractivity contribution in [2.45, 2.75) is 62.5 Å². The van der Waals surface area contributed by atoms with Crippen molar-refractivity contribution in [2.24, 2.45) is 0 Å². The van der Waals surface area contributed by atoms with E-state index in [4.69, 9.17) is 0 Å². The Hall–Kier alpha value is -4.29. The topological polar surface area (TPSA) is 85.8 Å². The predicted octanol–water partition coefficient (Wildman–Crippen LogP) is 6.59. The number of aliphatic hydroxyl groups is 1. The van der Waals surface area contributed by atoms with Gasteiger partial charge in [0, 0.05) is 17.0 Å². The number of hydrogen-bond acceptors (Lipinski definition) is 6. The Morgan fingerprint density at radius 1 is 0.867 bits per heavy atom. The summed E-state index contributed by atoms with van der Waals surface area (Å²) in [5.74, 6) is 1.12. The Labute approximate surface area is 260 Å². The van der Waals surface area contributed by atoms with E-state index in [0.29, 0.717) is 46.7 Å². The van der Waals surface area contributed by atoms with E-state index in [-0.39, 0.29) is 17.9 Å². The van der Waals surface area contributed by atoms with Gasteiger partial charge in [0.1, 0.15) is 11.9 Å². The lowest BCUT2D eigenvalue weighted by Crippen LogP contribution is -2.23. The highest BCUT2D eigenvalue weighted by atomic mass is 32.2. The molecule has 0 saturated carbocycles. The summed E-state index contributed by atoms with van der Waals surface area (Å²) in [6.07, 6.45) is -3.08. The van der Waals surface area contributed by atoms with Crippen LogP contribution >= 0.6 is 11.8 Å². The van der Waals surface area contributed by atoms with Crippen LogP contribution in [0.15, 0.2) is 82.7 Å². The van der Waals surface area contributed by atoms with Crippen molar-refractivity contribution in [3.8, 4) is 11.1 Å². The molecular weight excluding hydrogens is 606 g/mol. The van der Waals surface area contributed by atoms with E-state index < -0.39 is 17.8 Å². The highest BCUT2D eigenvalue weighted by molar-refractivity contribution is 7.98. The van der Waals surface area contributed by atoms with Gasteiger partial charge in [-0.2, -0.15) is 18.2 Å². The van der Waals surface area contributed by atoms with Gasteiger partial charge in [0.15, 0.2) is 16.8 Å². The zero-order valence-corrected chi connectivity index (χ0v) is 25.1. The van der Waals surface area contributed by atoms with Crippen LogP contribution in [0.4, 0.5) is 17.6 Å². The SMILES string of the molecule is CC(O)c1nnc(Cn2c(SCc3ccc(F)cc3)nc(=O)c3c2CCC3)n1Cc1ccc(-c2ccc(C(F)(F)F)cc2)cc1. The quantitative estimate of drug-likeness (QED) is 0.112. The van der Waals surface area contributed by atoms with Gasteiger partial charge in [-0.1, -0.05) is 60.3 Å². The normalized spacial score (nSPS) is 13.6. The van der Waals surface area contributed by atoms with Gasteiger partial charge in [-0.3, -0.25) is 4.79 Å². The van der Waals surface area contributed by atoms with Crippen LogP contribution in [0.25, 0.3) is 11.1 Å². The van der Waals surface area contributed by atoms with E-state index >= 15 is 0 Å². The summed E-state index contributed by atoms with van der Waals surface area (Å²) in [5, 5.41) is 19.7. The van der Waals surface area contributed by atoms with Gasteiger partial charge in [0.05, 0.1) is 18.7 Å². The Morgan fingerprint density at radius 3 is 2.16 bits per heavy atom. The van der Waals surface area contributed by atoms with E-state index in [1.54, 1.807) is 19.1 Å². The van der Waals surface area contributed by atoms with Gasteiger partial charge in [-0.25, -0.2) is 4.39 Å². The summed E-state index contributed by atoms with van der Waals surface area (Å²) in [5.41, 5.74) is 3.87. The smallest absolute Gasteiger partial charge is 0.385 e. The minimum Gasteiger partial charge on any atom is -0.385 e. The maximum absolute atomic E-state index is 13.4. The van der Waals surface area contributed by atoms with E-state index in [9.17, 15) is 27.5 Å². The third kappa shape index (κ3) is 6.71. The molecule has 1 unspecified atom stereocenters. The number of nitrogens with zero attached hydrogens (tertiary/aromatic N) is 5. The molecule has 1 atom stereocenters. The molecule has 6 rings (SSSR count). The van der Waals surface area contributed by atoms with Crippen LogP contribution in [0, 0.1) is 5.82 Å². The number of aliphatic hydroxyl groups excluding tert-OH is 1. The molecular formula is C33H29F4N5O2S. The molecule has 2 heterocycles. The molecule has 232 valence electrons. The van der Waals surface area contributed by atoms with E-state index in [2.05, 4.69) is 15.2 Å². The number of fused-ring (bicyclic) bond motifs is 1. The van der Waals surface area contributed by atoms with Crippen LogP contribution < -0.4 is 5.56 Å². The van der Waals surface area contributed by atoms with Gasteiger partial charge in [-0.15, -0.1) is 10.2 Å². The van der Waals surface area contributed by atoms with E-state index in [1.807, 2.05) is 33.4 Å². The number of benzene rings is 3. The first-order chi connectivity index (χ1) is 21.6. The van der Waals surface area contributed by atoms with Crippen LogP contribution in [-0.4, -0.2) is 29.4 Å². The van der Waals surface area contributed by atoms with Crippen LogP contribution in [0.5, 0.6) is 0 Å². The van der Waals surface area contributed by atoms with E-state index in [0.717, 1.165) is 47.4 Å². The summed E-state index contributed by atoms with van der Waals surface area (Å²) < 4.78 is 56.2. The summed E-state index contributed by atoms with van der Waals surface area (Å²) in [6.45, 7) is 2.22.